The van der Waals surface area contributed by atoms with Crippen LogP contribution in [0.25, 0.3) is 0 Å². The lowest BCUT2D eigenvalue weighted by atomic mass is 9.73. The molecule has 1 fully saturated rings. The molecule has 3 unspecified atom stereocenters. The molecule has 0 aliphatic heterocycles. The van der Waals surface area contributed by atoms with E-state index in [9.17, 15) is 9.59 Å². The lowest BCUT2D eigenvalue weighted by molar-refractivity contribution is -0.153. The van der Waals surface area contributed by atoms with E-state index in [4.69, 9.17) is 9.63 Å². The normalized spacial score (nSPS) is 24.1. The van der Waals surface area contributed by atoms with Crippen molar-refractivity contribution < 1.29 is 19.2 Å². The molecule has 0 radical (unpaired) electrons. The largest absolute Gasteiger partial charge is 0.481 e. The van der Waals surface area contributed by atoms with Crippen LogP contribution in [0.1, 0.15) is 37.5 Å². The van der Waals surface area contributed by atoms with Gasteiger partial charge in [0.2, 0.25) is 11.8 Å². The van der Waals surface area contributed by atoms with Gasteiger partial charge in [-0.05, 0) is 26.7 Å². The van der Waals surface area contributed by atoms with Gasteiger partial charge in [-0.25, -0.2) is 0 Å². The number of aliphatic carboxylic acids is 1. The number of nitrogens with zero attached hydrogens (tertiary/aromatic N) is 2. The monoisotopic (exact) mass is 253 g/mol. The Hall–Kier alpha value is -1.92. The predicted octanol–water partition coefficient (Wildman–Crippen LogP) is 0.666. The maximum atomic E-state index is 11.9. The highest BCUT2D eigenvalue weighted by Crippen LogP contribution is 2.34. The van der Waals surface area contributed by atoms with E-state index in [2.05, 4.69) is 15.5 Å². The first-order valence-electron chi connectivity index (χ1n) is 5.82. The highest BCUT2D eigenvalue weighted by molar-refractivity contribution is 5.86. The summed E-state index contributed by atoms with van der Waals surface area (Å²) in [7, 11) is 0. The van der Waals surface area contributed by atoms with Gasteiger partial charge in [-0.2, -0.15) is 4.98 Å². The Bertz CT molecular complexity index is 471. The molecule has 1 aromatic rings. The molecule has 1 aliphatic carbocycles. The van der Waals surface area contributed by atoms with E-state index in [1.165, 1.54) is 0 Å². The van der Waals surface area contributed by atoms with Gasteiger partial charge >= 0.3 is 5.97 Å². The molecule has 0 bridgehead atoms. The number of rotatable bonds is 4. The number of carbonyl (C=O) groups is 2. The van der Waals surface area contributed by atoms with Gasteiger partial charge in [0.1, 0.15) is 6.04 Å². The molecule has 2 N–H and O–H groups in total. The van der Waals surface area contributed by atoms with Gasteiger partial charge in [-0.15, -0.1) is 0 Å². The molecule has 0 saturated heterocycles. The number of aryl methyl sites for hydroxylation is 1. The van der Waals surface area contributed by atoms with Crippen molar-refractivity contribution in [2.75, 3.05) is 0 Å². The molecule has 0 aromatic carbocycles. The van der Waals surface area contributed by atoms with Crippen molar-refractivity contribution in [2.45, 2.75) is 32.7 Å². The molecule has 0 spiro atoms. The highest BCUT2D eigenvalue weighted by Gasteiger charge is 2.41. The molecule has 1 heterocycles. The maximum Gasteiger partial charge on any atom is 0.307 e. The van der Waals surface area contributed by atoms with Crippen molar-refractivity contribution in [1.82, 2.24) is 15.5 Å². The Balaban J connectivity index is 1.93. The fourth-order valence-electron chi connectivity index (χ4n) is 1.98. The van der Waals surface area contributed by atoms with Gasteiger partial charge < -0.3 is 14.9 Å². The molecule has 98 valence electrons. The van der Waals surface area contributed by atoms with Crippen LogP contribution in [0.5, 0.6) is 0 Å². The summed E-state index contributed by atoms with van der Waals surface area (Å²) in [6.45, 7) is 3.41. The van der Waals surface area contributed by atoms with Gasteiger partial charge in [-0.3, -0.25) is 9.59 Å². The van der Waals surface area contributed by atoms with Gasteiger partial charge in [0.15, 0.2) is 5.82 Å². The minimum atomic E-state index is -0.914. The van der Waals surface area contributed by atoms with E-state index in [0.717, 1.165) is 0 Å². The van der Waals surface area contributed by atoms with Crippen LogP contribution in [0.15, 0.2) is 4.52 Å². The maximum absolute atomic E-state index is 11.9. The summed E-state index contributed by atoms with van der Waals surface area (Å²) in [6.07, 6.45) is 1.17. The van der Waals surface area contributed by atoms with Crippen LogP contribution < -0.4 is 5.32 Å². The van der Waals surface area contributed by atoms with Gasteiger partial charge in [0.05, 0.1) is 11.8 Å². The third kappa shape index (κ3) is 2.34. The first-order chi connectivity index (χ1) is 8.49. The van der Waals surface area contributed by atoms with Crippen LogP contribution in [-0.2, 0) is 9.59 Å². The Kier molecular flexibility index (Phi) is 3.31. The first kappa shape index (κ1) is 12.5. The molecule has 1 aromatic heterocycles. The van der Waals surface area contributed by atoms with E-state index in [1.807, 2.05) is 0 Å². The Morgan fingerprint density at radius 1 is 1.44 bits per heavy atom. The smallest absolute Gasteiger partial charge is 0.307 e. The fourth-order valence-corrected chi connectivity index (χ4v) is 1.98. The zero-order chi connectivity index (χ0) is 13.3. The average Bonchev–Trinajstić information content (AvgIpc) is 2.61. The molecular weight excluding hydrogens is 238 g/mol. The summed E-state index contributed by atoms with van der Waals surface area (Å²) in [5.41, 5.74) is 0. The minimum absolute atomic E-state index is 0.267. The van der Waals surface area contributed by atoms with E-state index in [-0.39, 0.29) is 5.91 Å². The Labute approximate surface area is 104 Å². The molecule has 1 amide bonds. The van der Waals surface area contributed by atoms with E-state index >= 15 is 0 Å². The number of carboxylic acid groups (broad SMARTS) is 1. The van der Waals surface area contributed by atoms with Crippen LogP contribution in [0, 0.1) is 18.8 Å². The molecule has 1 saturated carbocycles. The van der Waals surface area contributed by atoms with Crippen LogP contribution in [0.4, 0.5) is 0 Å². The number of carboxylic acids is 1. The zero-order valence-electron chi connectivity index (χ0n) is 10.2. The molecule has 18 heavy (non-hydrogen) atoms. The molecule has 3 atom stereocenters. The summed E-state index contributed by atoms with van der Waals surface area (Å²) in [5, 5.41) is 15.2. The van der Waals surface area contributed by atoms with Crippen molar-refractivity contribution >= 4 is 11.9 Å². The van der Waals surface area contributed by atoms with Crippen LogP contribution >= 0.6 is 0 Å². The molecular formula is C11H15N3O4. The third-order valence-corrected chi connectivity index (χ3v) is 3.20. The summed E-state index contributed by atoms with van der Waals surface area (Å²) < 4.78 is 4.94. The van der Waals surface area contributed by atoms with Crippen molar-refractivity contribution in [3.63, 3.8) is 0 Å². The second kappa shape index (κ2) is 4.75. The van der Waals surface area contributed by atoms with Crippen molar-refractivity contribution in [1.29, 1.82) is 0 Å². The SMILES string of the molecule is Cc1noc(C(C)NC(=O)C2CCC2C(=O)O)n1. The standard InChI is InChI=1S/C11H15N3O4/c1-5(10-13-6(2)14-18-10)12-9(15)7-3-4-8(7)11(16)17/h5,7-8H,3-4H2,1-2H3,(H,12,15)(H,16,17). The lowest BCUT2D eigenvalue weighted by Gasteiger charge is -2.32. The topological polar surface area (TPSA) is 105 Å². The Morgan fingerprint density at radius 2 is 2.11 bits per heavy atom. The van der Waals surface area contributed by atoms with E-state index in [0.29, 0.717) is 24.6 Å². The van der Waals surface area contributed by atoms with E-state index < -0.39 is 23.8 Å². The predicted molar refractivity (Wildman–Crippen MR) is 59.4 cm³/mol. The highest BCUT2D eigenvalue weighted by atomic mass is 16.5. The Morgan fingerprint density at radius 3 is 2.56 bits per heavy atom. The number of nitrogens with one attached hydrogen (secondary N) is 1. The van der Waals surface area contributed by atoms with Crippen molar-refractivity contribution in [3.05, 3.63) is 11.7 Å². The summed E-state index contributed by atoms with van der Waals surface area (Å²) >= 11 is 0. The van der Waals surface area contributed by atoms with Crippen LogP contribution in [-0.4, -0.2) is 27.1 Å². The molecule has 1 aliphatic rings. The summed E-state index contributed by atoms with van der Waals surface area (Å²) in [5.74, 6) is -1.37. The minimum Gasteiger partial charge on any atom is -0.481 e. The van der Waals surface area contributed by atoms with Crippen molar-refractivity contribution in [2.24, 2.45) is 11.8 Å². The van der Waals surface area contributed by atoms with Crippen molar-refractivity contribution in [3.8, 4) is 0 Å². The molecule has 7 heteroatoms. The zero-order valence-corrected chi connectivity index (χ0v) is 10.2. The summed E-state index contributed by atoms with van der Waals surface area (Å²) in [6, 6.07) is -0.409. The number of aromatic nitrogens is 2. The van der Waals surface area contributed by atoms with Crippen LogP contribution in [0.3, 0.4) is 0 Å². The number of hydrogen-bond donors (Lipinski definition) is 2. The summed E-state index contributed by atoms with van der Waals surface area (Å²) in [4.78, 5) is 26.7. The quantitative estimate of drug-likeness (QED) is 0.816. The van der Waals surface area contributed by atoms with Gasteiger partial charge in [0, 0.05) is 0 Å². The number of hydrogen-bond acceptors (Lipinski definition) is 5. The number of carbonyl (C=O) groups excluding carboxylic acids is 1. The van der Waals surface area contributed by atoms with E-state index in [1.54, 1.807) is 13.8 Å². The second-order valence-corrected chi connectivity index (χ2v) is 4.54. The lowest BCUT2D eigenvalue weighted by Crippen LogP contribution is -2.44. The second-order valence-electron chi connectivity index (χ2n) is 4.54. The third-order valence-electron chi connectivity index (χ3n) is 3.20. The van der Waals surface area contributed by atoms with Gasteiger partial charge in [-0.1, -0.05) is 5.16 Å². The molecule has 7 nitrogen and oxygen atoms in total. The molecule has 2 rings (SSSR count). The number of amides is 1. The van der Waals surface area contributed by atoms with Gasteiger partial charge in [0.25, 0.3) is 0 Å². The first-order valence-corrected chi connectivity index (χ1v) is 5.82. The van der Waals surface area contributed by atoms with Crippen LogP contribution in [0.2, 0.25) is 0 Å². The average molecular weight is 253 g/mol. The fraction of sp³-hybridized carbons (Fsp3) is 0.636.